The zero-order chi connectivity index (χ0) is 20.4. The molecule has 0 saturated carbocycles. The first-order valence-electron chi connectivity index (χ1n) is 10.3. The fraction of sp³-hybridized carbons (Fsp3) is 0.333. The number of amides is 1. The lowest BCUT2D eigenvalue weighted by Crippen LogP contribution is -2.49. The Morgan fingerprint density at radius 2 is 1.59 bits per heavy atom. The summed E-state index contributed by atoms with van der Waals surface area (Å²) < 4.78 is 1.87. The highest BCUT2D eigenvalue weighted by Gasteiger charge is 2.27. The summed E-state index contributed by atoms with van der Waals surface area (Å²) in [6, 6.07) is 18.6. The van der Waals surface area contributed by atoms with E-state index >= 15 is 0 Å². The van der Waals surface area contributed by atoms with Gasteiger partial charge in [0, 0.05) is 31.9 Å². The molecule has 0 aliphatic carbocycles. The third-order valence-corrected chi connectivity index (χ3v) is 5.79. The Morgan fingerprint density at radius 1 is 0.931 bits per heavy atom. The van der Waals surface area contributed by atoms with Gasteiger partial charge in [-0.25, -0.2) is 4.68 Å². The fourth-order valence-electron chi connectivity index (χ4n) is 4.20. The van der Waals surface area contributed by atoms with Gasteiger partial charge in [0.25, 0.3) is 5.91 Å². The molecule has 5 nitrogen and oxygen atoms in total. The Labute approximate surface area is 172 Å². The lowest BCUT2D eigenvalue weighted by atomic mass is 10.1. The largest absolute Gasteiger partial charge is 0.368 e. The third-order valence-electron chi connectivity index (χ3n) is 5.79. The number of benzene rings is 2. The number of para-hydroxylation sites is 2. The van der Waals surface area contributed by atoms with Crippen molar-refractivity contribution in [1.82, 2.24) is 14.7 Å². The van der Waals surface area contributed by atoms with E-state index in [1.807, 2.05) is 53.8 Å². The van der Waals surface area contributed by atoms with Crippen LogP contribution in [0.15, 0.2) is 54.6 Å². The molecule has 0 atom stereocenters. The highest BCUT2D eigenvalue weighted by molar-refractivity contribution is 5.96. The second-order valence-electron chi connectivity index (χ2n) is 7.55. The van der Waals surface area contributed by atoms with Gasteiger partial charge in [0.1, 0.15) is 0 Å². The Kier molecular flexibility index (Phi) is 5.38. The van der Waals surface area contributed by atoms with Gasteiger partial charge in [0.2, 0.25) is 0 Å². The van der Waals surface area contributed by atoms with Gasteiger partial charge in [-0.15, -0.1) is 0 Å². The van der Waals surface area contributed by atoms with Gasteiger partial charge in [-0.1, -0.05) is 43.3 Å². The topological polar surface area (TPSA) is 41.4 Å². The molecule has 1 saturated heterocycles. The molecule has 2 heterocycles. The molecule has 3 aromatic rings. The average Bonchev–Trinajstić information content (AvgIpc) is 3.08. The molecule has 0 unspecified atom stereocenters. The van der Waals surface area contributed by atoms with E-state index in [2.05, 4.69) is 41.2 Å². The van der Waals surface area contributed by atoms with E-state index in [-0.39, 0.29) is 5.91 Å². The maximum absolute atomic E-state index is 13.3. The number of aromatic nitrogens is 2. The van der Waals surface area contributed by atoms with Gasteiger partial charge in [-0.05, 0) is 44.0 Å². The number of piperazine rings is 1. The maximum atomic E-state index is 13.3. The van der Waals surface area contributed by atoms with Crippen molar-refractivity contribution >= 4 is 11.6 Å². The van der Waals surface area contributed by atoms with Crippen molar-refractivity contribution in [3.8, 4) is 5.69 Å². The molecule has 4 rings (SSSR count). The highest BCUT2D eigenvalue weighted by atomic mass is 16.2. The number of carbonyl (C=O) groups excluding carboxylic acids is 1. The zero-order valence-corrected chi connectivity index (χ0v) is 17.4. The van der Waals surface area contributed by atoms with Gasteiger partial charge in [0.15, 0.2) is 0 Å². The standard InChI is InChI=1S/C24H28N4O/c1-4-20-10-8-9-13-22(20)26-14-16-27(17-15-26)24(29)23-18(2)25-28(19(23)3)21-11-6-5-7-12-21/h5-13H,4,14-17H2,1-3H3. The number of nitrogens with zero attached hydrogens (tertiary/aromatic N) is 4. The number of hydrogen-bond acceptors (Lipinski definition) is 3. The van der Waals surface area contributed by atoms with E-state index in [4.69, 9.17) is 0 Å². The predicted molar refractivity (Wildman–Crippen MR) is 117 cm³/mol. The molecule has 0 spiro atoms. The Balaban J connectivity index is 1.51. The molecule has 29 heavy (non-hydrogen) atoms. The predicted octanol–water partition coefficient (Wildman–Crippen LogP) is 4.01. The second kappa shape index (κ2) is 8.11. The minimum absolute atomic E-state index is 0.0885. The molecule has 1 amide bonds. The second-order valence-corrected chi connectivity index (χ2v) is 7.55. The van der Waals surface area contributed by atoms with Crippen LogP contribution in [0.25, 0.3) is 5.69 Å². The number of anilines is 1. The molecule has 150 valence electrons. The van der Waals surface area contributed by atoms with E-state index in [0.717, 1.165) is 55.2 Å². The van der Waals surface area contributed by atoms with Crippen LogP contribution in [-0.2, 0) is 6.42 Å². The zero-order valence-electron chi connectivity index (χ0n) is 17.4. The first-order chi connectivity index (χ1) is 14.1. The maximum Gasteiger partial charge on any atom is 0.257 e. The first-order valence-corrected chi connectivity index (χ1v) is 10.3. The number of hydrogen-bond donors (Lipinski definition) is 0. The van der Waals surface area contributed by atoms with Crippen molar-refractivity contribution in [2.24, 2.45) is 0 Å². The van der Waals surface area contributed by atoms with Crippen LogP contribution < -0.4 is 4.90 Å². The highest BCUT2D eigenvalue weighted by Crippen LogP contribution is 2.24. The van der Waals surface area contributed by atoms with Crippen molar-refractivity contribution < 1.29 is 4.79 Å². The molecule has 1 aliphatic rings. The molecule has 1 fully saturated rings. The Hall–Kier alpha value is -3.08. The van der Waals surface area contributed by atoms with E-state index in [1.54, 1.807) is 0 Å². The van der Waals surface area contributed by atoms with E-state index in [9.17, 15) is 4.79 Å². The van der Waals surface area contributed by atoms with Crippen LogP contribution in [0.2, 0.25) is 0 Å². The van der Waals surface area contributed by atoms with Crippen LogP contribution in [0, 0.1) is 13.8 Å². The van der Waals surface area contributed by atoms with Gasteiger partial charge in [-0.3, -0.25) is 4.79 Å². The molecule has 1 aliphatic heterocycles. The third kappa shape index (κ3) is 3.65. The molecule has 0 radical (unpaired) electrons. The number of rotatable bonds is 4. The summed E-state index contributed by atoms with van der Waals surface area (Å²) in [7, 11) is 0. The minimum Gasteiger partial charge on any atom is -0.368 e. The van der Waals surface area contributed by atoms with Crippen LogP contribution in [0.5, 0.6) is 0 Å². The number of aryl methyl sites for hydroxylation is 2. The average molecular weight is 389 g/mol. The molecular weight excluding hydrogens is 360 g/mol. The van der Waals surface area contributed by atoms with Crippen molar-refractivity contribution in [3.63, 3.8) is 0 Å². The van der Waals surface area contributed by atoms with E-state index in [0.29, 0.717) is 0 Å². The molecule has 1 aromatic heterocycles. The van der Waals surface area contributed by atoms with Gasteiger partial charge in [0.05, 0.1) is 22.6 Å². The van der Waals surface area contributed by atoms with Crippen LogP contribution in [-0.4, -0.2) is 46.8 Å². The van der Waals surface area contributed by atoms with Crippen LogP contribution in [0.3, 0.4) is 0 Å². The molecule has 0 N–H and O–H groups in total. The fourth-order valence-corrected chi connectivity index (χ4v) is 4.20. The summed E-state index contributed by atoms with van der Waals surface area (Å²) >= 11 is 0. The molecule has 5 heteroatoms. The van der Waals surface area contributed by atoms with E-state index < -0.39 is 0 Å². The lowest BCUT2D eigenvalue weighted by Gasteiger charge is -2.37. The van der Waals surface area contributed by atoms with Crippen molar-refractivity contribution in [1.29, 1.82) is 0 Å². The summed E-state index contributed by atoms with van der Waals surface area (Å²) in [4.78, 5) is 17.7. The van der Waals surface area contributed by atoms with Crippen LogP contribution in [0.1, 0.15) is 34.2 Å². The van der Waals surface area contributed by atoms with Gasteiger partial charge >= 0.3 is 0 Å². The van der Waals surface area contributed by atoms with Crippen molar-refractivity contribution in [2.45, 2.75) is 27.2 Å². The van der Waals surface area contributed by atoms with Gasteiger partial charge in [-0.2, -0.15) is 5.10 Å². The quantitative estimate of drug-likeness (QED) is 0.678. The smallest absolute Gasteiger partial charge is 0.257 e. The summed E-state index contributed by atoms with van der Waals surface area (Å²) in [5, 5.41) is 4.64. The lowest BCUT2D eigenvalue weighted by molar-refractivity contribution is 0.0745. The van der Waals surface area contributed by atoms with E-state index in [1.165, 1.54) is 11.3 Å². The van der Waals surface area contributed by atoms with Gasteiger partial charge < -0.3 is 9.80 Å². The molecule has 2 aromatic carbocycles. The first kappa shape index (κ1) is 19.2. The molecule has 0 bridgehead atoms. The Morgan fingerprint density at radius 3 is 2.28 bits per heavy atom. The monoisotopic (exact) mass is 388 g/mol. The van der Waals surface area contributed by atoms with Crippen LogP contribution in [0.4, 0.5) is 5.69 Å². The minimum atomic E-state index is 0.0885. The summed E-state index contributed by atoms with van der Waals surface area (Å²) in [5.41, 5.74) is 6.06. The summed E-state index contributed by atoms with van der Waals surface area (Å²) in [5.74, 6) is 0.0885. The SMILES string of the molecule is CCc1ccccc1N1CCN(C(=O)c2c(C)nn(-c3ccccc3)c2C)CC1. The van der Waals surface area contributed by atoms with Crippen molar-refractivity contribution in [3.05, 3.63) is 77.1 Å². The summed E-state index contributed by atoms with van der Waals surface area (Å²) in [6.07, 6.45) is 1.02. The summed E-state index contributed by atoms with van der Waals surface area (Å²) in [6.45, 7) is 9.26. The Bertz CT molecular complexity index is 1000. The number of carbonyl (C=O) groups is 1. The molecular formula is C24H28N4O. The van der Waals surface area contributed by atoms with Crippen molar-refractivity contribution in [2.75, 3.05) is 31.1 Å². The van der Waals surface area contributed by atoms with Crippen LogP contribution >= 0.6 is 0 Å². The normalized spacial score (nSPS) is 14.3.